The number of hydrogen-bond acceptors (Lipinski definition) is 3. The first kappa shape index (κ1) is 16.5. The van der Waals surface area contributed by atoms with Crippen molar-refractivity contribution in [2.24, 2.45) is 5.73 Å². The number of benzene rings is 1. The van der Waals surface area contributed by atoms with Gasteiger partial charge < -0.3 is 15.8 Å². The molecule has 1 amide bonds. The molecule has 0 saturated carbocycles. The molecule has 1 aromatic carbocycles. The first-order valence-electron chi connectivity index (χ1n) is 6.96. The fraction of sp³-hybridized carbons (Fsp3) is 0.562. The number of rotatable bonds is 4. The van der Waals surface area contributed by atoms with E-state index in [1.165, 1.54) is 16.7 Å². The number of carbonyl (C=O) groups is 1. The Bertz CT molecular complexity index is 444. The summed E-state index contributed by atoms with van der Waals surface area (Å²) < 4.78 is 5.18. The number of amides is 1. The largest absolute Gasteiger partial charge is 0.444 e. The van der Waals surface area contributed by atoms with Crippen LogP contribution in [0.5, 0.6) is 0 Å². The number of nitrogens with one attached hydrogen (secondary N) is 1. The summed E-state index contributed by atoms with van der Waals surface area (Å²) in [6, 6.07) is 6.08. The van der Waals surface area contributed by atoms with E-state index in [2.05, 4.69) is 31.3 Å². The smallest absolute Gasteiger partial charge is 0.407 e. The van der Waals surface area contributed by atoms with Crippen LogP contribution in [0, 0.1) is 13.8 Å². The molecule has 20 heavy (non-hydrogen) atoms. The van der Waals surface area contributed by atoms with Gasteiger partial charge in [-0.25, -0.2) is 4.79 Å². The molecule has 0 bridgehead atoms. The highest BCUT2D eigenvalue weighted by Crippen LogP contribution is 2.14. The van der Waals surface area contributed by atoms with E-state index in [1.54, 1.807) is 0 Å². The highest BCUT2D eigenvalue weighted by molar-refractivity contribution is 5.67. The quantitative estimate of drug-likeness (QED) is 0.890. The molecule has 4 nitrogen and oxygen atoms in total. The van der Waals surface area contributed by atoms with Crippen LogP contribution in [0.15, 0.2) is 18.2 Å². The van der Waals surface area contributed by atoms with Crippen molar-refractivity contribution in [1.82, 2.24) is 5.32 Å². The second-order valence-corrected chi connectivity index (χ2v) is 6.22. The Morgan fingerprint density at radius 2 is 1.85 bits per heavy atom. The van der Waals surface area contributed by atoms with Crippen LogP contribution in [-0.4, -0.2) is 24.3 Å². The molecule has 1 atom stereocenters. The molecular formula is C16H26N2O2. The van der Waals surface area contributed by atoms with Gasteiger partial charge in [0.15, 0.2) is 0 Å². The zero-order valence-electron chi connectivity index (χ0n) is 13.1. The molecule has 0 fully saturated rings. The van der Waals surface area contributed by atoms with Crippen LogP contribution in [-0.2, 0) is 11.2 Å². The first-order valence-corrected chi connectivity index (χ1v) is 6.96. The topological polar surface area (TPSA) is 64.3 Å². The van der Waals surface area contributed by atoms with Gasteiger partial charge in [0, 0.05) is 12.6 Å². The molecule has 0 aliphatic heterocycles. The Hall–Kier alpha value is -1.55. The highest BCUT2D eigenvalue weighted by atomic mass is 16.6. The average molecular weight is 278 g/mol. The van der Waals surface area contributed by atoms with Crippen molar-refractivity contribution in [1.29, 1.82) is 0 Å². The lowest BCUT2D eigenvalue weighted by molar-refractivity contribution is 0.0524. The Balaban J connectivity index is 2.48. The number of nitrogens with two attached hydrogens (primary N) is 1. The standard InChI is InChI=1S/C16H26N2O2/c1-11-7-6-8-12(2)14(11)9-13(17)10-18-15(19)20-16(3,4)5/h6-8,13H,9-10,17H2,1-5H3,(H,18,19). The first-order chi connectivity index (χ1) is 9.19. The van der Waals surface area contributed by atoms with Crippen LogP contribution in [0.25, 0.3) is 0 Å². The number of carbonyl (C=O) groups excluding carboxylic acids is 1. The molecular weight excluding hydrogens is 252 g/mol. The molecule has 112 valence electrons. The van der Waals surface area contributed by atoms with Crippen molar-refractivity contribution in [2.75, 3.05) is 6.54 Å². The molecule has 0 spiro atoms. The third kappa shape index (κ3) is 5.61. The fourth-order valence-electron chi connectivity index (χ4n) is 2.03. The third-order valence-electron chi connectivity index (χ3n) is 3.02. The SMILES string of the molecule is Cc1cccc(C)c1CC(N)CNC(=O)OC(C)(C)C. The van der Waals surface area contributed by atoms with E-state index in [4.69, 9.17) is 10.5 Å². The van der Waals surface area contributed by atoms with E-state index in [0.717, 1.165) is 6.42 Å². The van der Waals surface area contributed by atoms with Crippen LogP contribution >= 0.6 is 0 Å². The molecule has 4 heteroatoms. The Kier molecular flexibility index (Phi) is 5.57. The van der Waals surface area contributed by atoms with Gasteiger partial charge in [-0.15, -0.1) is 0 Å². The normalized spacial score (nSPS) is 12.9. The second-order valence-electron chi connectivity index (χ2n) is 6.22. The van der Waals surface area contributed by atoms with Gasteiger partial charge in [0.05, 0.1) is 0 Å². The molecule has 1 unspecified atom stereocenters. The minimum absolute atomic E-state index is 0.123. The molecule has 0 aliphatic rings. The van der Waals surface area contributed by atoms with Crippen LogP contribution in [0.2, 0.25) is 0 Å². The van der Waals surface area contributed by atoms with E-state index in [0.29, 0.717) is 6.54 Å². The van der Waals surface area contributed by atoms with Crippen molar-refractivity contribution in [3.63, 3.8) is 0 Å². The zero-order chi connectivity index (χ0) is 15.3. The van der Waals surface area contributed by atoms with Crippen molar-refractivity contribution in [3.05, 3.63) is 34.9 Å². The molecule has 0 saturated heterocycles. The van der Waals surface area contributed by atoms with Gasteiger partial charge in [-0.05, 0) is 57.7 Å². The summed E-state index contributed by atoms with van der Waals surface area (Å²) in [5.74, 6) is 0. The van der Waals surface area contributed by atoms with Gasteiger partial charge in [0.25, 0.3) is 0 Å². The van der Waals surface area contributed by atoms with Crippen molar-refractivity contribution >= 4 is 6.09 Å². The van der Waals surface area contributed by atoms with E-state index in [9.17, 15) is 4.79 Å². The Morgan fingerprint density at radius 1 is 1.30 bits per heavy atom. The molecule has 0 aliphatic carbocycles. The van der Waals surface area contributed by atoms with Crippen molar-refractivity contribution in [3.8, 4) is 0 Å². The average Bonchev–Trinajstić information content (AvgIpc) is 2.29. The molecule has 1 rings (SSSR count). The maximum atomic E-state index is 11.6. The summed E-state index contributed by atoms with van der Waals surface area (Å²) in [7, 11) is 0. The predicted octanol–water partition coefficient (Wildman–Crippen LogP) is 2.70. The number of aryl methyl sites for hydroxylation is 2. The highest BCUT2D eigenvalue weighted by Gasteiger charge is 2.17. The van der Waals surface area contributed by atoms with E-state index in [1.807, 2.05) is 26.8 Å². The van der Waals surface area contributed by atoms with Gasteiger partial charge in [-0.1, -0.05) is 18.2 Å². The third-order valence-corrected chi connectivity index (χ3v) is 3.02. The van der Waals surface area contributed by atoms with Gasteiger partial charge >= 0.3 is 6.09 Å². The van der Waals surface area contributed by atoms with Crippen molar-refractivity contribution < 1.29 is 9.53 Å². The predicted molar refractivity (Wildman–Crippen MR) is 81.8 cm³/mol. The lowest BCUT2D eigenvalue weighted by atomic mass is 9.97. The molecule has 0 aromatic heterocycles. The molecule has 0 radical (unpaired) electrons. The van der Waals surface area contributed by atoms with E-state index >= 15 is 0 Å². The zero-order valence-corrected chi connectivity index (χ0v) is 13.1. The molecule has 3 N–H and O–H groups in total. The van der Waals surface area contributed by atoms with Gasteiger partial charge in [0.1, 0.15) is 5.60 Å². The number of alkyl carbamates (subject to hydrolysis) is 1. The summed E-state index contributed by atoms with van der Waals surface area (Å²) in [5.41, 5.74) is 9.32. The van der Waals surface area contributed by atoms with Crippen LogP contribution in [0.1, 0.15) is 37.5 Å². The fourth-order valence-corrected chi connectivity index (χ4v) is 2.03. The second kappa shape index (κ2) is 6.75. The monoisotopic (exact) mass is 278 g/mol. The van der Waals surface area contributed by atoms with Gasteiger partial charge in [-0.3, -0.25) is 0 Å². The minimum Gasteiger partial charge on any atom is -0.444 e. The van der Waals surface area contributed by atoms with Crippen LogP contribution in [0.3, 0.4) is 0 Å². The number of hydrogen-bond donors (Lipinski definition) is 2. The lowest BCUT2D eigenvalue weighted by Crippen LogP contribution is -2.41. The molecule has 0 heterocycles. The summed E-state index contributed by atoms with van der Waals surface area (Å²) in [6.07, 6.45) is 0.323. The minimum atomic E-state index is -0.485. The molecule has 1 aromatic rings. The van der Waals surface area contributed by atoms with E-state index in [-0.39, 0.29) is 6.04 Å². The summed E-state index contributed by atoms with van der Waals surface area (Å²) in [5, 5.41) is 2.71. The Labute approximate surface area is 121 Å². The summed E-state index contributed by atoms with van der Waals surface area (Å²) in [4.78, 5) is 11.6. The lowest BCUT2D eigenvalue weighted by Gasteiger charge is -2.21. The maximum Gasteiger partial charge on any atom is 0.407 e. The number of ether oxygens (including phenoxy) is 1. The summed E-state index contributed by atoms with van der Waals surface area (Å²) in [6.45, 7) is 10.1. The Morgan fingerprint density at radius 3 is 2.35 bits per heavy atom. The van der Waals surface area contributed by atoms with Gasteiger partial charge in [-0.2, -0.15) is 0 Å². The van der Waals surface area contributed by atoms with Crippen LogP contribution in [0.4, 0.5) is 4.79 Å². The summed E-state index contributed by atoms with van der Waals surface area (Å²) >= 11 is 0. The van der Waals surface area contributed by atoms with Crippen molar-refractivity contribution in [2.45, 2.75) is 52.7 Å². The van der Waals surface area contributed by atoms with Crippen LogP contribution < -0.4 is 11.1 Å². The van der Waals surface area contributed by atoms with E-state index < -0.39 is 11.7 Å². The maximum absolute atomic E-state index is 11.6. The van der Waals surface area contributed by atoms with Gasteiger partial charge in [0.2, 0.25) is 0 Å².